The molecule has 2 aliphatic heterocycles. The Morgan fingerprint density at radius 1 is 0.812 bits per heavy atom. The predicted octanol–water partition coefficient (Wildman–Crippen LogP) is 7.56. The number of hydrogen-bond acceptors (Lipinski definition) is 15. The molecule has 3 atom stereocenters. The molecular weight excluding hydrogens is 941 g/mol. The van der Waals surface area contributed by atoms with Gasteiger partial charge in [-0.15, -0.1) is 11.8 Å². The molecule has 4 amide bonds. The molecule has 20 heteroatoms. The highest BCUT2D eigenvalue weighted by atomic mass is 32.2. The molecule has 0 aliphatic carbocycles. The molecule has 17 nitrogen and oxygen atoms in total. The maximum Gasteiger partial charge on any atom is 0.413 e. The van der Waals surface area contributed by atoms with Gasteiger partial charge in [-0.05, 0) is 59.7 Å². The molecule has 0 saturated carbocycles. The quantitative estimate of drug-likeness (QED) is 0.0109. The van der Waals surface area contributed by atoms with Crippen LogP contribution in [0.3, 0.4) is 0 Å². The number of rotatable bonds is 16. The highest BCUT2D eigenvalue weighted by Gasteiger charge is 2.58. The zero-order valence-corrected chi connectivity index (χ0v) is 41.2. The van der Waals surface area contributed by atoms with Crippen LogP contribution in [0.1, 0.15) is 63.9 Å². The third-order valence-corrected chi connectivity index (χ3v) is 14.1. The van der Waals surface area contributed by atoms with E-state index in [1.165, 1.54) is 46.8 Å². The molecular formula is C49H52N8O9S3. The average molecular weight is 993 g/mol. The van der Waals surface area contributed by atoms with Gasteiger partial charge in [0.15, 0.2) is 10.9 Å². The van der Waals surface area contributed by atoms with Gasteiger partial charge in [0.2, 0.25) is 11.5 Å². The second-order valence-electron chi connectivity index (χ2n) is 17.8. The van der Waals surface area contributed by atoms with Crippen LogP contribution in [-0.2, 0) is 34.3 Å². The molecule has 2 saturated heterocycles. The lowest BCUT2D eigenvalue weighted by Gasteiger charge is -2.53. The second-order valence-corrected chi connectivity index (χ2v) is 21.4. The summed E-state index contributed by atoms with van der Waals surface area (Å²) >= 11 is 3.51. The summed E-state index contributed by atoms with van der Waals surface area (Å²) in [6.07, 6.45) is 0.216. The SMILES string of the molecule is CC(C)(C)OC(=O)NCCSc1nccc(SC2(C(=O)O)CS[C@@H]3[C@H](NC(=O)C(=NOC(c4ccccc4)(c4ccccc4)c4ccccc4)c4cccc(NC(=O)OC(C)(C)C)n4)C(=O)N3C2)n1. The predicted molar refractivity (Wildman–Crippen MR) is 264 cm³/mol. The van der Waals surface area contributed by atoms with E-state index in [1.807, 2.05) is 91.0 Å². The van der Waals surface area contributed by atoms with E-state index in [0.717, 1.165) is 11.8 Å². The Bertz CT molecular complexity index is 2590. The standard InChI is InChI=1S/C49H52N8O9S3/c1-46(2,3)64-44(62)51-27-28-67-43-50-26-25-36(54-43)69-48(42(60)61)29-57-40(59)38(41(57)68-30-48)55-39(58)37(34-23-16-24-35(52-34)53-45(63)65-47(4,5)6)56-66-49(31-17-10-7-11-18-31,32-19-12-8-13-20-32)33-21-14-9-15-22-33/h7-26,38,41H,27-30H2,1-6H3,(H,51,62)(H,55,58)(H,60,61)(H,52,53,63)/t38-,41-,48?/m1/s1. The number of nitrogens with zero attached hydrogens (tertiary/aromatic N) is 5. The Kier molecular flexibility index (Phi) is 15.5. The van der Waals surface area contributed by atoms with Crippen molar-refractivity contribution in [3.8, 4) is 0 Å². The van der Waals surface area contributed by atoms with Gasteiger partial charge in [0, 0.05) is 47.5 Å². The molecule has 2 aliphatic rings. The zero-order valence-electron chi connectivity index (χ0n) is 38.7. The minimum absolute atomic E-state index is 0.00653. The number of nitrogens with one attached hydrogen (secondary N) is 3. The number of hydrogen-bond donors (Lipinski definition) is 4. The number of β-lactam (4-membered cyclic amide) rings is 1. The number of oxime groups is 1. The van der Waals surface area contributed by atoms with Gasteiger partial charge in [-0.1, -0.05) is 126 Å². The Morgan fingerprint density at radius 2 is 1.41 bits per heavy atom. The van der Waals surface area contributed by atoms with E-state index < -0.39 is 62.9 Å². The molecule has 7 rings (SSSR count). The zero-order chi connectivity index (χ0) is 49.4. The van der Waals surface area contributed by atoms with Gasteiger partial charge in [-0.3, -0.25) is 19.7 Å². The van der Waals surface area contributed by atoms with E-state index in [0.29, 0.717) is 32.6 Å². The molecule has 360 valence electrons. The van der Waals surface area contributed by atoms with Crippen LogP contribution >= 0.6 is 35.3 Å². The first-order chi connectivity index (χ1) is 32.9. The number of thioether (sulfide) groups is 3. The first kappa shape index (κ1) is 50.2. The number of carboxylic acid groups (broad SMARTS) is 1. The molecule has 0 radical (unpaired) electrons. The summed E-state index contributed by atoms with van der Waals surface area (Å²) < 4.78 is 9.23. The highest BCUT2D eigenvalue weighted by Crippen LogP contribution is 2.46. The van der Waals surface area contributed by atoms with Crippen LogP contribution < -0.4 is 16.0 Å². The van der Waals surface area contributed by atoms with Crippen molar-refractivity contribution in [2.75, 3.05) is 29.9 Å². The van der Waals surface area contributed by atoms with Crippen molar-refractivity contribution in [1.82, 2.24) is 30.5 Å². The Labute approximate surface area is 412 Å². The van der Waals surface area contributed by atoms with Crippen molar-refractivity contribution in [1.29, 1.82) is 0 Å². The lowest BCUT2D eigenvalue weighted by atomic mass is 9.80. The van der Waals surface area contributed by atoms with Gasteiger partial charge < -0.3 is 35.0 Å². The summed E-state index contributed by atoms with van der Waals surface area (Å²) in [5.41, 5.74) is -1.03. The van der Waals surface area contributed by atoms with Crippen LogP contribution in [-0.4, -0.2) is 113 Å². The van der Waals surface area contributed by atoms with E-state index in [-0.39, 0.29) is 36.1 Å². The van der Waals surface area contributed by atoms with Crippen molar-refractivity contribution in [2.45, 2.75) is 84.7 Å². The molecule has 0 spiro atoms. The molecule has 5 aromatic rings. The monoisotopic (exact) mass is 992 g/mol. The van der Waals surface area contributed by atoms with Crippen molar-refractivity contribution in [3.63, 3.8) is 0 Å². The van der Waals surface area contributed by atoms with Gasteiger partial charge in [-0.2, -0.15) is 0 Å². The largest absolute Gasteiger partial charge is 0.480 e. The number of carbonyl (C=O) groups excluding carboxylic acids is 4. The topological polar surface area (TPSA) is 224 Å². The summed E-state index contributed by atoms with van der Waals surface area (Å²) in [6, 6.07) is 33.4. The normalized spacial score (nSPS) is 18.2. The van der Waals surface area contributed by atoms with Crippen molar-refractivity contribution >= 4 is 76.8 Å². The number of pyridine rings is 1. The molecule has 4 N–H and O–H groups in total. The summed E-state index contributed by atoms with van der Waals surface area (Å²) in [5.74, 6) is -1.88. The van der Waals surface area contributed by atoms with Crippen molar-refractivity contribution in [3.05, 3.63) is 144 Å². The fourth-order valence-corrected chi connectivity index (χ4v) is 10.8. The van der Waals surface area contributed by atoms with Crippen LogP contribution in [0, 0.1) is 0 Å². The first-order valence-corrected chi connectivity index (χ1v) is 24.7. The Hall–Kier alpha value is -6.64. The Balaban J connectivity index is 1.14. The maximum absolute atomic E-state index is 14.7. The van der Waals surface area contributed by atoms with Gasteiger partial charge in [0.25, 0.3) is 5.91 Å². The molecule has 4 heterocycles. The smallest absolute Gasteiger partial charge is 0.413 e. The lowest BCUT2D eigenvalue weighted by Crippen LogP contribution is -2.74. The van der Waals surface area contributed by atoms with E-state index in [2.05, 4.69) is 36.1 Å². The molecule has 2 fully saturated rings. The van der Waals surface area contributed by atoms with E-state index in [9.17, 15) is 29.1 Å². The minimum Gasteiger partial charge on any atom is -0.480 e. The minimum atomic E-state index is -1.48. The van der Waals surface area contributed by atoms with Gasteiger partial charge >= 0.3 is 18.2 Å². The van der Waals surface area contributed by atoms with Gasteiger partial charge in [0.05, 0.1) is 0 Å². The number of alkyl carbamates (subject to hydrolysis) is 1. The number of aliphatic carboxylic acids is 1. The number of fused-ring (bicyclic) bond motifs is 1. The number of amides is 4. The number of ether oxygens (including phenoxy) is 2. The second kappa shape index (κ2) is 21.3. The summed E-state index contributed by atoms with van der Waals surface area (Å²) in [5, 5.41) is 23.5. The first-order valence-electron chi connectivity index (χ1n) is 21.8. The maximum atomic E-state index is 14.7. The van der Waals surface area contributed by atoms with E-state index in [1.54, 1.807) is 53.7 Å². The molecule has 2 aromatic heterocycles. The number of carbonyl (C=O) groups is 5. The average Bonchev–Trinajstić information content (AvgIpc) is 3.31. The number of aromatic nitrogens is 3. The number of carboxylic acids is 1. The van der Waals surface area contributed by atoms with E-state index >= 15 is 0 Å². The Morgan fingerprint density at radius 3 is 1.99 bits per heavy atom. The van der Waals surface area contributed by atoms with Crippen LogP contribution in [0.5, 0.6) is 0 Å². The van der Waals surface area contributed by atoms with Gasteiger partial charge in [0.1, 0.15) is 43.9 Å². The molecule has 0 bridgehead atoms. The van der Waals surface area contributed by atoms with E-state index in [4.69, 9.17) is 14.3 Å². The lowest BCUT2D eigenvalue weighted by molar-refractivity contribution is -0.151. The number of anilines is 1. The fourth-order valence-electron chi connectivity index (χ4n) is 7.30. The molecule has 1 unspecified atom stereocenters. The highest BCUT2D eigenvalue weighted by molar-refractivity contribution is 8.05. The number of benzene rings is 3. The fraction of sp³-hybridized carbons (Fsp3) is 0.327. The summed E-state index contributed by atoms with van der Waals surface area (Å²) in [7, 11) is 0. The van der Waals surface area contributed by atoms with Crippen LogP contribution in [0.25, 0.3) is 0 Å². The molecule has 3 aromatic carbocycles. The summed E-state index contributed by atoms with van der Waals surface area (Å²) in [6.45, 7) is 10.6. The van der Waals surface area contributed by atoms with Gasteiger partial charge in [-0.25, -0.2) is 24.5 Å². The van der Waals surface area contributed by atoms with Crippen molar-refractivity contribution < 1.29 is 43.4 Å². The van der Waals surface area contributed by atoms with Crippen LogP contribution in [0.4, 0.5) is 15.4 Å². The summed E-state index contributed by atoms with van der Waals surface area (Å²) in [4.78, 5) is 88.2. The molecule has 69 heavy (non-hydrogen) atoms. The van der Waals surface area contributed by atoms with Crippen LogP contribution in [0.2, 0.25) is 0 Å². The third kappa shape index (κ3) is 12.3. The van der Waals surface area contributed by atoms with Crippen molar-refractivity contribution in [2.24, 2.45) is 5.16 Å². The third-order valence-electron chi connectivity index (χ3n) is 10.3. The van der Waals surface area contributed by atoms with Crippen LogP contribution in [0.15, 0.2) is 137 Å².